The van der Waals surface area contributed by atoms with Gasteiger partial charge in [-0.15, -0.1) is 0 Å². The summed E-state index contributed by atoms with van der Waals surface area (Å²) in [6.45, 7) is 0. The molecule has 0 radical (unpaired) electrons. The zero-order valence-corrected chi connectivity index (χ0v) is 15.2. The lowest BCUT2D eigenvalue weighted by Gasteiger charge is -2.09. The molecule has 0 bridgehead atoms. The number of carbonyl (C=O) groups excluding carboxylic acids is 1. The minimum Gasteiger partial charge on any atom is -0.496 e. The number of methoxy groups -OCH3 is 2. The van der Waals surface area contributed by atoms with Gasteiger partial charge < -0.3 is 13.9 Å². The number of alkyl halides is 3. The average molecular weight is 390 g/mol. The third-order valence-electron chi connectivity index (χ3n) is 4.23. The number of hydrogen-bond donors (Lipinski definition) is 0. The van der Waals surface area contributed by atoms with Crippen molar-refractivity contribution in [2.24, 2.45) is 0 Å². The summed E-state index contributed by atoms with van der Waals surface area (Å²) in [6.07, 6.45) is -4.85. The smallest absolute Gasteiger partial charge is 0.450 e. The van der Waals surface area contributed by atoms with E-state index in [2.05, 4.69) is 4.74 Å². The Morgan fingerprint density at radius 2 is 1.64 bits per heavy atom. The molecule has 0 saturated carbocycles. The molecule has 0 unspecified atom stereocenters. The molecule has 146 valence electrons. The third kappa shape index (κ3) is 3.74. The first-order valence-electron chi connectivity index (χ1n) is 8.35. The molecule has 0 aliphatic heterocycles. The largest absolute Gasteiger partial charge is 0.496 e. The van der Waals surface area contributed by atoms with Crippen LogP contribution in [0.3, 0.4) is 0 Å². The highest BCUT2D eigenvalue weighted by Crippen LogP contribution is 2.42. The first kappa shape index (κ1) is 19.5. The number of esters is 1. The summed E-state index contributed by atoms with van der Waals surface area (Å²) in [5.74, 6) is -1.97. The third-order valence-corrected chi connectivity index (χ3v) is 4.23. The van der Waals surface area contributed by atoms with E-state index < -0.39 is 23.5 Å². The second kappa shape index (κ2) is 7.80. The van der Waals surface area contributed by atoms with Crippen LogP contribution < -0.4 is 4.74 Å². The Hall–Kier alpha value is -3.22. The van der Waals surface area contributed by atoms with Crippen molar-refractivity contribution in [3.05, 3.63) is 77.2 Å². The van der Waals surface area contributed by atoms with E-state index in [1.54, 1.807) is 54.6 Å². The minimum atomic E-state index is -4.86. The van der Waals surface area contributed by atoms with Crippen LogP contribution in [0.4, 0.5) is 13.2 Å². The zero-order valence-electron chi connectivity index (χ0n) is 15.2. The van der Waals surface area contributed by atoms with Crippen molar-refractivity contribution >= 4 is 5.97 Å². The molecule has 3 rings (SSSR count). The monoisotopic (exact) mass is 390 g/mol. The molecular formula is C21H17F3O4. The maximum absolute atomic E-state index is 13.6. The predicted molar refractivity (Wildman–Crippen MR) is 96.3 cm³/mol. The second-order valence-corrected chi connectivity index (χ2v) is 5.95. The van der Waals surface area contributed by atoms with E-state index >= 15 is 0 Å². The topological polar surface area (TPSA) is 48.7 Å². The van der Waals surface area contributed by atoms with Gasteiger partial charge in [0.15, 0.2) is 0 Å². The lowest BCUT2D eigenvalue weighted by atomic mass is 9.97. The fourth-order valence-electron chi connectivity index (χ4n) is 3.03. The van der Waals surface area contributed by atoms with Gasteiger partial charge in [-0.05, 0) is 11.6 Å². The standard InChI is InChI=1S/C21H17F3O4/c1-26-15-11-7-6-10-14(15)12-16-17(13-8-4-3-5-9-13)18(20(25)27-2)19(28-16)21(22,23)24/h3-11H,12H2,1-2H3. The van der Waals surface area contributed by atoms with Crippen LogP contribution in [0.2, 0.25) is 0 Å². The molecule has 0 atom stereocenters. The van der Waals surface area contributed by atoms with Gasteiger partial charge in [-0.1, -0.05) is 48.5 Å². The molecular weight excluding hydrogens is 373 g/mol. The van der Waals surface area contributed by atoms with E-state index in [0.29, 0.717) is 16.9 Å². The fraction of sp³-hybridized carbons (Fsp3) is 0.190. The van der Waals surface area contributed by atoms with Gasteiger partial charge in [0, 0.05) is 17.5 Å². The molecule has 0 aliphatic rings. The Morgan fingerprint density at radius 3 is 2.25 bits per heavy atom. The molecule has 28 heavy (non-hydrogen) atoms. The van der Waals surface area contributed by atoms with Gasteiger partial charge in [0.2, 0.25) is 5.76 Å². The lowest BCUT2D eigenvalue weighted by molar-refractivity contribution is -0.153. The van der Waals surface area contributed by atoms with Crippen LogP contribution in [0.25, 0.3) is 11.1 Å². The van der Waals surface area contributed by atoms with Crippen molar-refractivity contribution in [1.29, 1.82) is 0 Å². The molecule has 0 N–H and O–H groups in total. The summed E-state index contributed by atoms with van der Waals surface area (Å²) in [6, 6.07) is 15.2. The Kier molecular flexibility index (Phi) is 5.44. The van der Waals surface area contributed by atoms with Crippen LogP contribution in [0.1, 0.15) is 27.4 Å². The molecule has 0 aliphatic carbocycles. The first-order valence-corrected chi connectivity index (χ1v) is 8.35. The second-order valence-electron chi connectivity index (χ2n) is 5.95. The summed E-state index contributed by atoms with van der Waals surface area (Å²) >= 11 is 0. The van der Waals surface area contributed by atoms with Gasteiger partial charge in [-0.3, -0.25) is 0 Å². The number of rotatable bonds is 5. The van der Waals surface area contributed by atoms with Crippen LogP contribution in [-0.2, 0) is 17.3 Å². The van der Waals surface area contributed by atoms with E-state index in [-0.39, 0.29) is 17.7 Å². The molecule has 4 nitrogen and oxygen atoms in total. The maximum atomic E-state index is 13.6. The van der Waals surface area contributed by atoms with Gasteiger partial charge in [-0.25, -0.2) is 4.79 Å². The van der Waals surface area contributed by atoms with Crippen molar-refractivity contribution in [3.63, 3.8) is 0 Å². The molecule has 7 heteroatoms. The van der Waals surface area contributed by atoms with Crippen molar-refractivity contribution < 1.29 is 31.9 Å². The molecule has 0 saturated heterocycles. The van der Waals surface area contributed by atoms with E-state index in [1.165, 1.54) is 7.11 Å². The number of carbonyl (C=O) groups is 1. The van der Waals surface area contributed by atoms with Gasteiger partial charge in [0.25, 0.3) is 0 Å². The molecule has 0 fully saturated rings. The quantitative estimate of drug-likeness (QED) is 0.551. The van der Waals surface area contributed by atoms with E-state index in [1.807, 2.05) is 0 Å². The molecule has 0 amide bonds. The Balaban J connectivity index is 2.27. The maximum Gasteiger partial charge on any atom is 0.450 e. The Morgan fingerprint density at radius 1 is 1.00 bits per heavy atom. The van der Waals surface area contributed by atoms with Gasteiger partial charge in [0.1, 0.15) is 17.1 Å². The predicted octanol–water partition coefficient (Wildman–Crippen LogP) is 5.35. The van der Waals surface area contributed by atoms with Gasteiger partial charge in [-0.2, -0.15) is 13.2 Å². The fourth-order valence-corrected chi connectivity index (χ4v) is 3.03. The van der Waals surface area contributed by atoms with Crippen molar-refractivity contribution in [2.75, 3.05) is 14.2 Å². The summed E-state index contributed by atoms with van der Waals surface area (Å²) in [5.41, 5.74) is 0.477. The van der Waals surface area contributed by atoms with Gasteiger partial charge >= 0.3 is 12.1 Å². The SMILES string of the molecule is COC(=O)c1c(C(F)(F)F)oc(Cc2ccccc2OC)c1-c1ccccc1. The summed E-state index contributed by atoms with van der Waals surface area (Å²) in [5, 5.41) is 0. The number of benzene rings is 2. The highest BCUT2D eigenvalue weighted by molar-refractivity contribution is 5.99. The molecule has 3 aromatic rings. The highest BCUT2D eigenvalue weighted by atomic mass is 19.4. The Bertz CT molecular complexity index is 975. The summed E-state index contributed by atoms with van der Waals surface area (Å²) < 4.78 is 55.9. The number of para-hydroxylation sites is 1. The van der Waals surface area contributed by atoms with Crippen molar-refractivity contribution in [1.82, 2.24) is 0 Å². The van der Waals surface area contributed by atoms with Crippen molar-refractivity contribution in [3.8, 4) is 16.9 Å². The highest BCUT2D eigenvalue weighted by Gasteiger charge is 2.43. The Labute approximate surface area is 159 Å². The van der Waals surface area contributed by atoms with Crippen LogP contribution in [0.5, 0.6) is 5.75 Å². The molecule has 0 spiro atoms. The molecule has 2 aromatic carbocycles. The van der Waals surface area contributed by atoms with Crippen LogP contribution in [0, 0.1) is 0 Å². The van der Waals surface area contributed by atoms with Gasteiger partial charge in [0.05, 0.1) is 14.2 Å². The van der Waals surface area contributed by atoms with E-state index in [0.717, 1.165) is 7.11 Å². The molecule has 1 aromatic heterocycles. The number of furan rings is 1. The molecule has 1 heterocycles. The lowest BCUT2D eigenvalue weighted by Crippen LogP contribution is -2.12. The minimum absolute atomic E-state index is 0.00317. The number of hydrogen-bond acceptors (Lipinski definition) is 4. The zero-order chi connectivity index (χ0) is 20.3. The number of ether oxygens (including phenoxy) is 2. The number of halogens is 3. The summed E-state index contributed by atoms with van der Waals surface area (Å²) in [7, 11) is 2.50. The normalized spacial score (nSPS) is 11.3. The summed E-state index contributed by atoms with van der Waals surface area (Å²) in [4.78, 5) is 12.3. The average Bonchev–Trinajstić information content (AvgIpc) is 3.08. The van der Waals surface area contributed by atoms with Crippen LogP contribution in [0.15, 0.2) is 59.0 Å². The van der Waals surface area contributed by atoms with Crippen molar-refractivity contribution in [2.45, 2.75) is 12.6 Å². The van der Waals surface area contributed by atoms with E-state index in [4.69, 9.17) is 9.15 Å². The van der Waals surface area contributed by atoms with Crippen LogP contribution >= 0.6 is 0 Å². The van der Waals surface area contributed by atoms with E-state index in [9.17, 15) is 18.0 Å². The first-order chi connectivity index (χ1) is 13.4. The van der Waals surface area contributed by atoms with Crippen LogP contribution in [-0.4, -0.2) is 20.2 Å².